The molecular weight excluding hydrogens is 300 g/mol. The summed E-state index contributed by atoms with van der Waals surface area (Å²) in [6, 6.07) is 5.42. The lowest BCUT2D eigenvalue weighted by Gasteiger charge is -2.36. The van der Waals surface area contributed by atoms with E-state index >= 15 is 0 Å². The van der Waals surface area contributed by atoms with Crippen LogP contribution in [0.3, 0.4) is 0 Å². The lowest BCUT2D eigenvalue weighted by atomic mass is 9.93. The van der Waals surface area contributed by atoms with Crippen LogP contribution in [0.4, 0.5) is 0 Å². The molecule has 0 saturated carbocycles. The Labute approximate surface area is 132 Å². The lowest BCUT2D eigenvalue weighted by molar-refractivity contribution is 0.165. The molecule has 2 saturated heterocycles. The molecule has 5 nitrogen and oxygen atoms in total. The SMILES string of the molecule is COc1ccc(C)cc1S(=O)(=O)N1CC[C@H]2CCN(C)C[C@@H]21. The first-order valence-corrected chi connectivity index (χ1v) is 9.22. The molecule has 6 heteroatoms. The Morgan fingerprint density at radius 3 is 2.68 bits per heavy atom. The van der Waals surface area contributed by atoms with Crippen LogP contribution in [0, 0.1) is 12.8 Å². The summed E-state index contributed by atoms with van der Waals surface area (Å²) < 4.78 is 33.3. The minimum atomic E-state index is -3.52. The molecule has 122 valence electrons. The first kappa shape index (κ1) is 15.8. The number of rotatable bonds is 3. The fourth-order valence-corrected chi connectivity index (χ4v) is 5.60. The third-order valence-corrected chi connectivity index (χ3v) is 6.87. The highest BCUT2D eigenvalue weighted by molar-refractivity contribution is 7.89. The maximum absolute atomic E-state index is 13.2. The minimum Gasteiger partial charge on any atom is -0.495 e. The Morgan fingerprint density at radius 2 is 1.95 bits per heavy atom. The van der Waals surface area contributed by atoms with Crippen LogP contribution in [-0.4, -0.2) is 57.5 Å². The normalized spacial score (nSPS) is 26.9. The summed E-state index contributed by atoms with van der Waals surface area (Å²) in [7, 11) is 0.0647. The highest BCUT2D eigenvalue weighted by Crippen LogP contribution is 2.37. The van der Waals surface area contributed by atoms with Crippen LogP contribution >= 0.6 is 0 Å². The van der Waals surface area contributed by atoms with Gasteiger partial charge < -0.3 is 9.64 Å². The van der Waals surface area contributed by atoms with E-state index in [0.717, 1.165) is 31.5 Å². The van der Waals surface area contributed by atoms with Gasteiger partial charge in [-0.05, 0) is 57.0 Å². The van der Waals surface area contributed by atoms with Crippen LogP contribution < -0.4 is 4.74 Å². The van der Waals surface area contributed by atoms with Crippen molar-refractivity contribution in [3.63, 3.8) is 0 Å². The van der Waals surface area contributed by atoms with Crippen LogP contribution in [-0.2, 0) is 10.0 Å². The first-order valence-electron chi connectivity index (χ1n) is 7.78. The summed E-state index contributed by atoms with van der Waals surface area (Å²) in [4.78, 5) is 2.52. The second-order valence-electron chi connectivity index (χ2n) is 6.44. The fraction of sp³-hybridized carbons (Fsp3) is 0.625. The Balaban J connectivity index is 1.98. The van der Waals surface area contributed by atoms with Gasteiger partial charge >= 0.3 is 0 Å². The van der Waals surface area contributed by atoms with E-state index in [9.17, 15) is 8.42 Å². The van der Waals surface area contributed by atoms with E-state index < -0.39 is 10.0 Å². The number of ether oxygens (including phenoxy) is 1. The Kier molecular flexibility index (Phi) is 4.18. The highest BCUT2D eigenvalue weighted by atomic mass is 32.2. The molecule has 0 bridgehead atoms. The van der Waals surface area contributed by atoms with E-state index in [-0.39, 0.29) is 6.04 Å². The summed E-state index contributed by atoms with van der Waals surface area (Å²) in [6.07, 6.45) is 2.05. The topological polar surface area (TPSA) is 49.9 Å². The van der Waals surface area contributed by atoms with Crippen molar-refractivity contribution >= 4 is 10.0 Å². The van der Waals surface area contributed by atoms with E-state index in [1.165, 1.54) is 7.11 Å². The van der Waals surface area contributed by atoms with Crippen molar-refractivity contribution in [3.8, 4) is 5.75 Å². The van der Waals surface area contributed by atoms with Crippen LogP contribution in [0.1, 0.15) is 18.4 Å². The third-order valence-electron chi connectivity index (χ3n) is 4.92. The Hall–Kier alpha value is -1.11. The zero-order valence-electron chi connectivity index (χ0n) is 13.4. The number of likely N-dealkylation sites (tertiary alicyclic amines) is 1. The van der Waals surface area contributed by atoms with Crippen molar-refractivity contribution in [2.45, 2.75) is 30.7 Å². The van der Waals surface area contributed by atoms with Gasteiger partial charge in [0.05, 0.1) is 7.11 Å². The molecule has 0 spiro atoms. The number of likely N-dealkylation sites (N-methyl/N-ethyl adjacent to an activating group) is 1. The molecule has 22 heavy (non-hydrogen) atoms. The largest absolute Gasteiger partial charge is 0.495 e. The van der Waals surface area contributed by atoms with Crippen molar-refractivity contribution in [2.24, 2.45) is 5.92 Å². The van der Waals surface area contributed by atoms with Crippen molar-refractivity contribution in [2.75, 3.05) is 33.8 Å². The molecule has 0 amide bonds. The fourth-order valence-electron chi connectivity index (χ4n) is 3.67. The molecule has 1 aromatic carbocycles. The molecule has 0 unspecified atom stereocenters. The number of hydrogen-bond acceptors (Lipinski definition) is 4. The van der Waals surface area contributed by atoms with Gasteiger partial charge in [-0.15, -0.1) is 0 Å². The second-order valence-corrected chi connectivity index (χ2v) is 8.30. The number of nitrogens with zero attached hydrogens (tertiary/aromatic N) is 2. The Morgan fingerprint density at radius 1 is 1.23 bits per heavy atom. The number of hydrogen-bond donors (Lipinski definition) is 0. The maximum Gasteiger partial charge on any atom is 0.247 e. The number of benzene rings is 1. The summed E-state index contributed by atoms with van der Waals surface area (Å²) in [5, 5.41) is 0. The molecule has 2 atom stereocenters. The second kappa shape index (κ2) is 5.83. The highest BCUT2D eigenvalue weighted by Gasteiger charge is 2.44. The molecule has 2 heterocycles. The van der Waals surface area contributed by atoms with Gasteiger partial charge in [-0.25, -0.2) is 8.42 Å². The molecule has 2 fully saturated rings. The quantitative estimate of drug-likeness (QED) is 0.849. The van der Waals surface area contributed by atoms with Crippen molar-refractivity contribution in [3.05, 3.63) is 23.8 Å². The first-order chi connectivity index (χ1) is 10.4. The van der Waals surface area contributed by atoms with Gasteiger partial charge in [0.2, 0.25) is 10.0 Å². The number of aryl methyl sites for hydroxylation is 1. The number of sulfonamides is 1. The van der Waals surface area contributed by atoms with Gasteiger partial charge in [0.15, 0.2) is 0 Å². The van der Waals surface area contributed by atoms with E-state index in [0.29, 0.717) is 23.1 Å². The molecule has 1 aromatic rings. The van der Waals surface area contributed by atoms with Gasteiger partial charge in [-0.3, -0.25) is 0 Å². The molecule has 0 N–H and O–H groups in total. The monoisotopic (exact) mass is 324 g/mol. The van der Waals surface area contributed by atoms with Gasteiger partial charge in [-0.1, -0.05) is 6.07 Å². The van der Waals surface area contributed by atoms with Crippen molar-refractivity contribution in [1.82, 2.24) is 9.21 Å². The molecule has 0 radical (unpaired) electrons. The predicted molar refractivity (Wildman–Crippen MR) is 85.6 cm³/mol. The van der Waals surface area contributed by atoms with E-state index in [1.54, 1.807) is 16.4 Å². The van der Waals surface area contributed by atoms with Gasteiger partial charge in [0, 0.05) is 19.1 Å². The number of piperidine rings is 1. The average molecular weight is 324 g/mol. The molecule has 2 aliphatic rings. The van der Waals surface area contributed by atoms with Crippen LogP contribution in [0.25, 0.3) is 0 Å². The molecule has 0 aliphatic carbocycles. The summed E-state index contributed by atoms with van der Waals surface area (Å²) >= 11 is 0. The molecular formula is C16H24N2O3S. The number of fused-ring (bicyclic) bond motifs is 1. The average Bonchev–Trinajstić information content (AvgIpc) is 2.90. The lowest BCUT2D eigenvalue weighted by Crippen LogP contribution is -2.48. The van der Waals surface area contributed by atoms with Gasteiger partial charge in [0.25, 0.3) is 0 Å². The summed E-state index contributed by atoms with van der Waals surface area (Å²) in [5.74, 6) is 0.917. The van der Waals surface area contributed by atoms with Gasteiger partial charge in [0.1, 0.15) is 10.6 Å². The molecule has 2 aliphatic heterocycles. The van der Waals surface area contributed by atoms with Crippen LogP contribution in [0.5, 0.6) is 5.75 Å². The number of methoxy groups -OCH3 is 1. The maximum atomic E-state index is 13.2. The van der Waals surface area contributed by atoms with E-state index in [4.69, 9.17) is 4.74 Å². The standard InChI is InChI=1S/C16H24N2O3S/c1-12-4-5-15(21-3)16(10-12)22(19,20)18-9-7-13-6-8-17(2)11-14(13)18/h4-5,10,13-14H,6-9,11H2,1-3H3/t13-,14+/m1/s1. The van der Waals surface area contributed by atoms with Crippen molar-refractivity contribution in [1.29, 1.82) is 0 Å². The Bertz CT molecular complexity index is 659. The van der Waals surface area contributed by atoms with Crippen LogP contribution in [0.15, 0.2) is 23.1 Å². The van der Waals surface area contributed by atoms with E-state index in [2.05, 4.69) is 11.9 Å². The van der Waals surface area contributed by atoms with Gasteiger partial charge in [-0.2, -0.15) is 4.31 Å². The van der Waals surface area contributed by atoms with Crippen LogP contribution in [0.2, 0.25) is 0 Å². The summed E-state index contributed by atoms with van der Waals surface area (Å²) in [6.45, 7) is 4.39. The summed E-state index contributed by atoms with van der Waals surface area (Å²) in [5.41, 5.74) is 0.927. The smallest absolute Gasteiger partial charge is 0.247 e. The van der Waals surface area contributed by atoms with Crippen molar-refractivity contribution < 1.29 is 13.2 Å². The van der Waals surface area contributed by atoms with E-state index in [1.807, 2.05) is 13.0 Å². The third kappa shape index (κ3) is 2.64. The zero-order chi connectivity index (χ0) is 15.9. The zero-order valence-corrected chi connectivity index (χ0v) is 14.3. The minimum absolute atomic E-state index is 0.0916. The molecule has 3 rings (SSSR count). The molecule has 0 aromatic heterocycles. The predicted octanol–water partition coefficient (Wildman–Crippen LogP) is 1.72.